The number of carbonyl (C=O) groups excluding carboxylic acids is 1. The lowest BCUT2D eigenvalue weighted by Gasteiger charge is -2.23. The molecule has 2 rings (SSSR count). The van der Waals surface area contributed by atoms with Crippen LogP contribution in [0.4, 0.5) is 0 Å². The highest BCUT2D eigenvalue weighted by atomic mass is 16.5. The molecule has 0 spiro atoms. The molecule has 0 aromatic heterocycles. The van der Waals surface area contributed by atoms with Crippen molar-refractivity contribution in [1.82, 2.24) is 5.32 Å². The molecule has 1 heterocycles. The predicted octanol–water partition coefficient (Wildman–Crippen LogP) is 2.38. The monoisotopic (exact) mass is 263 g/mol. The van der Waals surface area contributed by atoms with Crippen molar-refractivity contribution in [3.63, 3.8) is 0 Å². The van der Waals surface area contributed by atoms with Gasteiger partial charge in [-0.15, -0.1) is 0 Å². The molecule has 4 heteroatoms. The predicted molar refractivity (Wildman–Crippen MR) is 73.5 cm³/mol. The molecule has 0 radical (unpaired) electrons. The van der Waals surface area contributed by atoms with Crippen molar-refractivity contribution in [3.8, 4) is 5.75 Å². The summed E-state index contributed by atoms with van der Waals surface area (Å²) in [5.41, 5.74) is 0.524. The molecule has 0 unspecified atom stereocenters. The smallest absolute Gasteiger partial charge is 0.337 e. The normalized spacial score (nSPS) is 18.9. The largest absolute Gasteiger partial charge is 0.494 e. The van der Waals surface area contributed by atoms with E-state index in [9.17, 15) is 4.79 Å². The second-order valence-corrected chi connectivity index (χ2v) is 4.80. The average molecular weight is 263 g/mol. The van der Waals surface area contributed by atoms with E-state index >= 15 is 0 Å². The number of nitrogens with one attached hydrogen (secondary N) is 1. The Morgan fingerprint density at radius 1 is 1.42 bits per heavy atom. The summed E-state index contributed by atoms with van der Waals surface area (Å²) in [7, 11) is 1.38. The van der Waals surface area contributed by atoms with Gasteiger partial charge < -0.3 is 14.8 Å². The van der Waals surface area contributed by atoms with Gasteiger partial charge in [0.05, 0.1) is 19.3 Å². The lowest BCUT2D eigenvalue weighted by atomic mass is 10.0. The number of piperidine rings is 1. The zero-order valence-corrected chi connectivity index (χ0v) is 11.4. The van der Waals surface area contributed by atoms with E-state index in [2.05, 4.69) is 10.1 Å². The quantitative estimate of drug-likeness (QED) is 0.829. The molecule has 1 aliphatic rings. The first-order valence-corrected chi connectivity index (χ1v) is 6.84. The van der Waals surface area contributed by atoms with E-state index in [4.69, 9.17) is 4.74 Å². The SMILES string of the molecule is COC(=O)c1cccc(OCC[C@@H]2CCCCN2)c1. The fourth-order valence-corrected chi connectivity index (χ4v) is 2.32. The standard InChI is InChI=1S/C15H21NO3/c1-18-15(17)12-5-4-7-14(11-12)19-10-8-13-6-2-3-9-16-13/h4-5,7,11,13,16H,2-3,6,8-10H2,1H3/t13-/m0/s1. The summed E-state index contributed by atoms with van der Waals surface area (Å²) in [4.78, 5) is 11.4. The molecule has 1 aliphatic heterocycles. The second kappa shape index (κ2) is 7.14. The fraction of sp³-hybridized carbons (Fsp3) is 0.533. The topological polar surface area (TPSA) is 47.6 Å². The molecule has 1 atom stereocenters. The molecular formula is C15H21NO3. The van der Waals surface area contributed by atoms with Crippen molar-refractivity contribution in [2.24, 2.45) is 0 Å². The Kier molecular flexibility index (Phi) is 5.21. The number of benzene rings is 1. The van der Waals surface area contributed by atoms with Crippen LogP contribution in [0.5, 0.6) is 5.75 Å². The number of methoxy groups -OCH3 is 1. The molecular weight excluding hydrogens is 242 g/mol. The van der Waals surface area contributed by atoms with E-state index in [1.807, 2.05) is 6.07 Å². The first-order chi connectivity index (χ1) is 9.29. The van der Waals surface area contributed by atoms with E-state index in [1.54, 1.807) is 18.2 Å². The number of carbonyl (C=O) groups is 1. The van der Waals surface area contributed by atoms with Gasteiger partial charge in [0.15, 0.2) is 0 Å². The van der Waals surface area contributed by atoms with E-state index in [1.165, 1.54) is 26.4 Å². The summed E-state index contributed by atoms with van der Waals surface area (Å²) in [6.45, 7) is 1.78. The van der Waals surface area contributed by atoms with Crippen molar-refractivity contribution in [3.05, 3.63) is 29.8 Å². The van der Waals surface area contributed by atoms with Gasteiger partial charge in [-0.2, -0.15) is 0 Å². The number of esters is 1. The third-order valence-electron chi connectivity index (χ3n) is 3.40. The van der Waals surface area contributed by atoms with Crippen LogP contribution in [0.1, 0.15) is 36.0 Å². The Morgan fingerprint density at radius 2 is 2.32 bits per heavy atom. The van der Waals surface area contributed by atoms with Crippen molar-refractivity contribution in [1.29, 1.82) is 0 Å². The van der Waals surface area contributed by atoms with Gasteiger partial charge in [-0.3, -0.25) is 0 Å². The number of ether oxygens (including phenoxy) is 2. The fourth-order valence-electron chi connectivity index (χ4n) is 2.32. The second-order valence-electron chi connectivity index (χ2n) is 4.80. The van der Waals surface area contributed by atoms with E-state index in [0.29, 0.717) is 18.2 Å². The van der Waals surface area contributed by atoms with Crippen LogP contribution < -0.4 is 10.1 Å². The van der Waals surface area contributed by atoms with E-state index < -0.39 is 0 Å². The van der Waals surface area contributed by atoms with Gasteiger partial charge >= 0.3 is 5.97 Å². The lowest BCUT2D eigenvalue weighted by molar-refractivity contribution is 0.0600. The molecule has 104 valence electrons. The minimum atomic E-state index is -0.334. The maximum atomic E-state index is 11.4. The van der Waals surface area contributed by atoms with Crippen LogP contribution in [0, 0.1) is 0 Å². The Hall–Kier alpha value is -1.55. The maximum Gasteiger partial charge on any atom is 0.337 e. The Balaban J connectivity index is 1.80. The molecule has 1 aromatic rings. The summed E-state index contributed by atoms with van der Waals surface area (Å²) in [6, 6.07) is 7.68. The molecule has 1 aromatic carbocycles. The molecule has 4 nitrogen and oxygen atoms in total. The molecule has 0 bridgehead atoms. The molecule has 1 fully saturated rings. The molecule has 1 N–H and O–H groups in total. The first-order valence-electron chi connectivity index (χ1n) is 6.84. The van der Waals surface area contributed by atoms with Crippen molar-refractivity contribution < 1.29 is 14.3 Å². The Labute approximate surface area is 114 Å². The lowest BCUT2D eigenvalue weighted by Crippen LogP contribution is -2.35. The van der Waals surface area contributed by atoms with Crippen molar-refractivity contribution in [2.45, 2.75) is 31.7 Å². The number of hydrogen-bond donors (Lipinski definition) is 1. The zero-order valence-electron chi connectivity index (χ0n) is 11.4. The number of rotatable bonds is 5. The summed E-state index contributed by atoms with van der Waals surface area (Å²) in [5.74, 6) is 0.387. The molecule has 19 heavy (non-hydrogen) atoms. The average Bonchev–Trinajstić information content (AvgIpc) is 2.48. The van der Waals surface area contributed by atoms with Crippen LogP contribution in [0.3, 0.4) is 0 Å². The summed E-state index contributed by atoms with van der Waals surface area (Å²) in [6.07, 6.45) is 4.81. The van der Waals surface area contributed by atoms with Crippen LogP contribution in [0.15, 0.2) is 24.3 Å². The van der Waals surface area contributed by atoms with Gasteiger partial charge in [0.1, 0.15) is 5.75 Å². The van der Waals surface area contributed by atoms with Crippen LogP contribution >= 0.6 is 0 Å². The molecule has 0 aliphatic carbocycles. The van der Waals surface area contributed by atoms with Gasteiger partial charge in [0.25, 0.3) is 0 Å². The highest BCUT2D eigenvalue weighted by Gasteiger charge is 2.12. The van der Waals surface area contributed by atoms with Crippen LogP contribution in [-0.4, -0.2) is 32.3 Å². The van der Waals surface area contributed by atoms with E-state index in [-0.39, 0.29) is 5.97 Å². The molecule has 0 saturated carbocycles. The van der Waals surface area contributed by atoms with Crippen LogP contribution in [-0.2, 0) is 4.74 Å². The zero-order chi connectivity index (χ0) is 13.5. The Bertz CT molecular complexity index is 414. The van der Waals surface area contributed by atoms with Gasteiger partial charge in [0.2, 0.25) is 0 Å². The Morgan fingerprint density at radius 3 is 3.05 bits per heavy atom. The van der Waals surface area contributed by atoms with Gasteiger partial charge in [-0.05, 0) is 44.0 Å². The van der Waals surface area contributed by atoms with E-state index in [0.717, 1.165) is 18.7 Å². The summed E-state index contributed by atoms with van der Waals surface area (Å²) < 4.78 is 10.4. The third kappa shape index (κ3) is 4.24. The highest BCUT2D eigenvalue weighted by Crippen LogP contribution is 2.16. The minimum absolute atomic E-state index is 0.334. The van der Waals surface area contributed by atoms with Crippen LogP contribution in [0.2, 0.25) is 0 Å². The van der Waals surface area contributed by atoms with Crippen molar-refractivity contribution >= 4 is 5.97 Å². The molecule has 0 amide bonds. The first kappa shape index (κ1) is 13.9. The molecule has 1 saturated heterocycles. The van der Waals surface area contributed by atoms with Crippen LogP contribution in [0.25, 0.3) is 0 Å². The summed E-state index contributed by atoms with van der Waals surface area (Å²) in [5, 5.41) is 3.49. The minimum Gasteiger partial charge on any atom is -0.494 e. The van der Waals surface area contributed by atoms with Gasteiger partial charge in [0, 0.05) is 6.04 Å². The van der Waals surface area contributed by atoms with Crippen molar-refractivity contribution in [2.75, 3.05) is 20.3 Å². The third-order valence-corrected chi connectivity index (χ3v) is 3.40. The number of hydrogen-bond acceptors (Lipinski definition) is 4. The summed E-state index contributed by atoms with van der Waals surface area (Å²) >= 11 is 0. The van der Waals surface area contributed by atoms with Gasteiger partial charge in [-0.25, -0.2) is 4.79 Å². The highest BCUT2D eigenvalue weighted by molar-refractivity contribution is 5.89. The maximum absolute atomic E-state index is 11.4. The van der Waals surface area contributed by atoms with Gasteiger partial charge in [-0.1, -0.05) is 12.5 Å².